The molecule has 35 heavy (non-hydrogen) atoms. The van der Waals surface area contributed by atoms with Crippen LogP contribution < -0.4 is 16.8 Å². The highest BCUT2D eigenvalue weighted by atomic mass is 16.4. The molecule has 174 valence electrons. The number of benzene rings is 2. The average molecular weight is 469 g/mol. The van der Waals surface area contributed by atoms with Crippen LogP contribution in [-0.2, 0) is 13.6 Å². The van der Waals surface area contributed by atoms with Crippen LogP contribution in [0.1, 0.15) is 32.0 Å². The molecule has 3 heterocycles. The monoisotopic (exact) mass is 469 g/mol. The van der Waals surface area contributed by atoms with Gasteiger partial charge in [0.2, 0.25) is 0 Å². The molecule has 11 nitrogen and oxygen atoms in total. The highest BCUT2D eigenvalue weighted by Crippen LogP contribution is 2.19. The summed E-state index contributed by atoms with van der Waals surface area (Å²) < 4.78 is 6.50. The minimum absolute atomic E-state index is 0.221. The molecule has 0 unspecified atom stereocenters. The number of amides is 1. The Morgan fingerprint density at radius 3 is 2.74 bits per heavy atom. The van der Waals surface area contributed by atoms with Crippen molar-refractivity contribution in [2.24, 2.45) is 7.05 Å². The lowest BCUT2D eigenvalue weighted by molar-refractivity contribution is 0.0947. The number of nitrogen functional groups attached to an aromatic ring is 1. The Balaban J connectivity index is 0.000000243. The number of nitriles is 1. The first-order valence-corrected chi connectivity index (χ1v) is 10.3. The molecule has 0 atom stereocenters. The maximum Gasteiger partial charge on any atom is 0.419 e. The molecule has 2 aromatic carbocycles. The van der Waals surface area contributed by atoms with Gasteiger partial charge in [-0.1, -0.05) is 18.2 Å². The van der Waals surface area contributed by atoms with Crippen molar-refractivity contribution in [3.63, 3.8) is 0 Å². The van der Waals surface area contributed by atoms with Gasteiger partial charge in [0.1, 0.15) is 18.1 Å². The number of nitrogens with zero attached hydrogens (tertiary/aromatic N) is 4. The molecule has 11 heteroatoms. The van der Waals surface area contributed by atoms with Crippen LogP contribution in [0.4, 0.5) is 5.69 Å². The number of anilines is 1. The SMILES string of the molecule is Cn1c(=O)oc2ccc(CNC(=O)c3ncnc4c(N)c[nH]c34)cc21.N#Cc1ccc(C=O)cc1. The van der Waals surface area contributed by atoms with Crippen molar-refractivity contribution in [1.29, 1.82) is 5.26 Å². The van der Waals surface area contributed by atoms with Crippen molar-refractivity contribution in [3.05, 3.63) is 87.9 Å². The van der Waals surface area contributed by atoms with Gasteiger partial charge in [0.15, 0.2) is 11.3 Å². The fourth-order valence-corrected chi connectivity index (χ4v) is 3.32. The van der Waals surface area contributed by atoms with Crippen molar-refractivity contribution < 1.29 is 14.0 Å². The molecule has 0 bridgehead atoms. The van der Waals surface area contributed by atoms with E-state index in [0.29, 0.717) is 38.9 Å². The second kappa shape index (κ2) is 9.72. The van der Waals surface area contributed by atoms with Gasteiger partial charge in [0.25, 0.3) is 5.91 Å². The normalized spacial score (nSPS) is 10.4. The first-order valence-electron chi connectivity index (χ1n) is 10.3. The smallest absolute Gasteiger partial charge is 0.408 e. The molecular weight excluding hydrogens is 450 g/mol. The Hall–Kier alpha value is -5.24. The molecule has 5 rings (SSSR count). The fraction of sp³-hybridized carbons (Fsp3) is 0.0833. The van der Waals surface area contributed by atoms with E-state index in [1.54, 1.807) is 55.7 Å². The first-order chi connectivity index (χ1) is 16.9. The predicted molar refractivity (Wildman–Crippen MR) is 127 cm³/mol. The number of carbonyl (C=O) groups excluding carboxylic acids is 2. The predicted octanol–water partition coefficient (Wildman–Crippen LogP) is 2.29. The summed E-state index contributed by atoms with van der Waals surface area (Å²) in [5, 5.41) is 11.2. The number of rotatable bonds is 4. The third-order valence-electron chi connectivity index (χ3n) is 5.19. The van der Waals surface area contributed by atoms with Gasteiger partial charge in [0, 0.05) is 25.4 Å². The Morgan fingerprint density at radius 1 is 1.26 bits per heavy atom. The summed E-state index contributed by atoms with van der Waals surface area (Å²) in [7, 11) is 1.63. The maximum absolute atomic E-state index is 12.4. The van der Waals surface area contributed by atoms with E-state index in [-0.39, 0.29) is 18.1 Å². The molecule has 4 N–H and O–H groups in total. The van der Waals surface area contributed by atoms with Crippen LogP contribution in [0.2, 0.25) is 0 Å². The maximum atomic E-state index is 12.4. The zero-order valence-corrected chi connectivity index (χ0v) is 18.5. The Kier molecular flexibility index (Phi) is 6.37. The summed E-state index contributed by atoms with van der Waals surface area (Å²) in [5.74, 6) is -0.778. The van der Waals surface area contributed by atoms with Crippen molar-refractivity contribution in [3.8, 4) is 6.07 Å². The average Bonchev–Trinajstić information content (AvgIpc) is 3.41. The van der Waals surface area contributed by atoms with Crippen molar-refractivity contribution in [1.82, 2.24) is 24.8 Å². The summed E-state index contributed by atoms with van der Waals surface area (Å²) in [4.78, 5) is 45.1. The number of fused-ring (bicyclic) bond motifs is 2. The van der Waals surface area contributed by atoms with Crippen LogP contribution in [-0.4, -0.2) is 31.7 Å². The van der Waals surface area contributed by atoms with Gasteiger partial charge in [-0.25, -0.2) is 14.8 Å². The van der Waals surface area contributed by atoms with E-state index in [0.717, 1.165) is 11.8 Å². The van der Waals surface area contributed by atoms with Gasteiger partial charge >= 0.3 is 5.76 Å². The molecule has 0 saturated heterocycles. The van der Waals surface area contributed by atoms with Gasteiger partial charge < -0.3 is 20.5 Å². The summed E-state index contributed by atoms with van der Waals surface area (Å²) >= 11 is 0. The van der Waals surface area contributed by atoms with Gasteiger partial charge in [-0.3, -0.25) is 14.2 Å². The van der Waals surface area contributed by atoms with Crippen LogP contribution in [0.3, 0.4) is 0 Å². The zero-order valence-electron chi connectivity index (χ0n) is 18.5. The van der Waals surface area contributed by atoms with E-state index >= 15 is 0 Å². The van der Waals surface area contributed by atoms with E-state index in [1.807, 2.05) is 6.07 Å². The van der Waals surface area contributed by atoms with Crippen LogP contribution >= 0.6 is 0 Å². The van der Waals surface area contributed by atoms with Gasteiger partial charge in [-0.2, -0.15) is 5.26 Å². The number of oxazole rings is 1. The molecule has 0 aliphatic heterocycles. The van der Waals surface area contributed by atoms with Crippen LogP contribution in [0.5, 0.6) is 0 Å². The number of aromatic nitrogens is 4. The lowest BCUT2D eigenvalue weighted by Crippen LogP contribution is -2.24. The van der Waals surface area contributed by atoms with E-state index in [1.165, 1.54) is 10.9 Å². The number of nitrogens with one attached hydrogen (secondary N) is 2. The Labute approximate surface area is 197 Å². The lowest BCUT2D eigenvalue weighted by Gasteiger charge is -2.06. The quantitative estimate of drug-likeness (QED) is 0.336. The lowest BCUT2D eigenvalue weighted by atomic mass is 10.2. The number of carbonyl (C=O) groups is 2. The summed E-state index contributed by atoms with van der Waals surface area (Å²) in [6.45, 7) is 0.274. The minimum atomic E-state index is -0.427. The molecule has 5 aromatic rings. The minimum Gasteiger partial charge on any atom is -0.408 e. The molecule has 0 radical (unpaired) electrons. The largest absolute Gasteiger partial charge is 0.419 e. The van der Waals surface area contributed by atoms with Crippen molar-refractivity contribution in [2.75, 3.05) is 5.73 Å². The molecule has 0 spiro atoms. The third-order valence-corrected chi connectivity index (χ3v) is 5.19. The number of nitrogens with two attached hydrogens (primary N) is 1. The molecule has 1 amide bonds. The van der Waals surface area contributed by atoms with Gasteiger partial charge in [-0.05, 0) is 29.8 Å². The highest BCUT2D eigenvalue weighted by molar-refractivity contribution is 6.05. The highest BCUT2D eigenvalue weighted by Gasteiger charge is 2.15. The standard InChI is InChI=1S/C16H14N6O3.C8H5NO/c1-22-10-4-8(2-3-11(10)25-16(22)24)5-19-15(23)14-13-12(20-7-21-14)9(17)6-18-13;9-5-7-1-3-8(6-10)4-2-7/h2-4,6-7,18H,5,17H2,1H3,(H,19,23);1-4,6H. The fourth-order valence-electron chi connectivity index (χ4n) is 3.32. The number of H-pyrrole nitrogens is 1. The Morgan fingerprint density at radius 2 is 2.03 bits per heavy atom. The van der Waals surface area contributed by atoms with Crippen molar-refractivity contribution in [2.45, 2.75) is 6.54 Å². The van der Waals surface area contributed by atoms with Crippen LogP contribution in [0, 0.1) is 11.3 Å². The molecule has 3 aromatic heterocycles. The van der Waals surface area contributed by atoms with E-state index in [2.05, 4.69) is 20.3 Å². The van der Waals surface area contributed by atoms with Crippen LogP contribution in [0.15, 0.2) is 64.2 Å². The zero-order chi connectivity index (χ0) is 24.9. The molecule has 0 aliphatic rings. The number of hydrogen-bond donors (Lipinski definition) is 3. The van der Waals surface area contributed by atoms with Crippen LogP contribution in [0.25, 0.3) is 22.1 Å². The van der Waals surface area contributed by atoms with Gasteiger partial charge in [-0.15, -0.1) is 0 Å². The Bertz CT molecular complexity index is 1640. The van der Waals surface area contributed by atoms with Crippen molar-refractivity contribution >= 4 is 40.0 Å². The van der Waals surface area contributed by atoms with E-state index < -0.39 is 5.76 Å². The molecule has 0 aliphatic carbocycles. The molecule has 0 fully saturated rings. The first kappa shape index (κ1) is 22.9. The number of aromatic amines is 1. The van der Waals surface area contributed by atoms with E-state index in [9.17, 15) is 14.4 Å². The summed E-state index contributed by atoms with van der Waals surface area (Å²) in [6.07, 6.45) is 3.62. The topological polar surface area (TPSA) is 173 Å². The summed E-state index contributed by atoms with van der Waals surface area (Å²) in [6, 6.07) is 13.7. The third kappa shape index (κ3) is 4.76. The second-order valence-electron chi connectivity index (χ2n) is 7.45. The molecular formula is C24H19N7O4. The summed E-state index contributed by atoms with van der Waals surface area (Å²) in [5.41, 5.74) is 10.6. The van der Waals surface area contributed by atoms with E-state index in [4.69, 9.17) is 15.4 Å². The second-order valence-corrected chi connectivity index (χ2v) is 7.45. The number of hydrogen-bond acceptors (Lipinski definition) is 8. The number of aldehydes is 1. The molecule has 0 saturated carbocycles. The number of aryl methyl sites for hydroxylation is 1. The van der Waals surface area contributed by atoms with Gasteiger partial charge in [0.05, 0.1) is 28.4 Å².